The number of benzene rings is 1. The molecule has 7 heteroatoms. The molecule has 1 fully saturated rings. The molecule has 0 radical (unpaired) electrons. The van der Waals surface area contributed by atoms with Gasteiger partial charge in [0.25, 0.3) is 0 Å². The molecule has 2 amide bonds. The minimum atomic E-state index is -0.655. The van der Waals surface area contributed by atoms with Crippen LogP contribution in [0.3, 0.4) is 0 Å². The van der Waals surface area contributed by atoms with Gasteiger partial charge in [0.1, 0.15) is 6.61 Å². The highest BCUT2D eigenvalue weighted by Gasteiger charge is 2.49. The maximum absolute atomic E-state index is 12.6. The predicted molar refractivity (Wildman–Crippen MR) is 94.5 cm³/mol. The summed E-state index contributed by atoms with van der Waals surface area (Å²) in [6.45, 7) is 2.17. The summed E-state index contributed by atoms with van der Waals surface area (Å²) < 4.78 is 5.43. The minimum absolute atomic E-state index is 0.00922. The van der Waals surface area contributed by atoms with Gasteiger partial charge in [-0.3, -0.25) is 9.59 Å². The van der Waals surface area contributed by atoms with Gasteiger partial charge >= 0.3 is 5.97 Å². The standard InChI is InChI=1S/C18H20N2O4S/c1-12(21)19-7-8-25-15-9-14-10-16(22)20(14)17(15)18(23)24-11-13-5-3-2-4-6-13/h2-6,9,14,17H,7-8,10-11H2,1H3,(H,19,21). The summed E-state index contributed by atoms with van der Waals surface area (Å²) in [6, 6.07) is 8.78. The smallest absolute Gasteiger partial charge is 0.334 e. The third kappa shape index (κ3) is 4.04. The average molecular weight is 360 g/mol. The van der Waals surface area contributed by atoms with E-state index in [1.54, 1.807) is 4.90 Å². The molecule has 1 aromatic carbocycles. The quantitative estimate of drug-likeness (QED) is 0.453. The van der Waals surface area contributed by atoms with Crippen LogP contribution in [0.25, 0.3) is 0 Å². The molecule has 0 aromatic heterocycles. The van der Waals surface area contributed by atoms with Crippen molar-refractivity contribution in [3.05, 3.63) is 46.9 Å². The number of ether oxygens (including phenoxy) is 1. The minimum Gasteiger partial charge on any atom is -0.459 e. The van der Waals surface area contributed by atoms with E-state index in [1.807, 2.05) is 36.4 Å². The van der Waals surface area contributed by atoms with Gasteiger partial charge in [0.05, 0.1) is 12.5 Å². The zero-order valence-corrected chi connectivity index (χ0v) is 14.8. The number of carbonyl (C=O) groups is 3. The predicted octanol–water partition coefficient (Wildman–Crippen LogP) is 1.47. The highest BCUT2D eigenvalue weighted by Crippen LogP contribution is 2.39. The average Bonchev–Trinajstić information content (AvgIpc) is 2.89. The van der Waals surface area contributed by atoms with Crippen LogP contribution in [0.2, 0.25) is 0 Å². The zero-order chi connectivity index (χ0) is 17.8. The monoisotopic (exact) mass is 360 g/mol. The van der Waals surface area contributed by atoms with Crippen LogP contribution in [0.4, 0.5) is 0 Å². The number of carbonyl (C=O) groups excluding carboxylic acids is 3. The van der Waals surface area contributed by atoms with E-state index in [9.17, 15) is 14.4 Å². The maximum atomic E-state index is 12.6. The van der Waals surface area contributed by atoms with E-state index in [1.165, 1.54) is 18.7 Å². The first kappa shape index (κ1) is 17.5. The Morgan fingerprint density at radius 1 is 1.32 bits per heavy atom. The fourth-order valence-electron chi connectivity index (χ4n) is 2.91. The Labute approximate surface area is 150 Å². The molecule has 2 atom stereocenters. The Morgan fingerprint density at radius 2 is 2.08 bits per heavy atom. The molecule has 2 aliphatic heterocycles. The van der Waals surface area contributed by atoms with Gasteiger partial charge in [-0.25, -0.2) is 4.79 Å². The first-order valence-electron chi connectivity index (χ1n) is 8.17. The summed E-state index contributed by atoms with van der Waals surface area (Å²) in [4.78, 5) is 37.8. The van der Waals surface area contributed by atoms with Crippen LogP contribution in [0.1, 0.15) is 18.9 Å². The summed E-state index contributed by atoms with van der Waals surface area (Å²) in [7, 11) is 0. The lowest BCUT2D eigenvalue weighted by molar-refractivity contribution is -0.160. The number of amides is 2. The van der Waals surface area contributed by atoms with E-state index in [4.69, 9.17) is 4.74 Å². The van der Waals surface area contributed by atoms with Gasteiger partial charge in [0.2, 0.25) is 11.8 Å². The lowest BCUT2D eigenvalue weighted by Crippen LogP contribution is -2.55. The van der Waals surface area contributed by atoms with Crippen molar-refractivity contribution in [1.29, 1.82) is 0 Å². The molecule has 2 aliphatic rings. The number of nitrogens with zero attached hydrogens (tertiary/aromatic N) is 1. The summed E-state index contributed by atoms with van der Waals surface area (Å²) >= 11 is 1.49. The Morgan fingerprint density at radius 3 is 2.76 bits per heavy atom. The Bertz CT molecular complexity index is 704. The number of nitrogens with one attached hydrogen (secondary N) is 1. The zero-order valence-electron chi connectivity index (χ0n) is 13.9. The van der Waals surface area contributed by atoms with Gasteiger partial charge in [-0.2, -0.15) is 0 Å². The Kier molecular flexibility index (Phi) is 5.43. The van der Waals surface area contributed by atoms with Crippen LogP contribution in [0.15, 0.2) is 41.3 Å². The summed E-state index contributed by atoms with van der Waals surface area (Å²) in [6.07, 6.45) is 2.41. The Hall–Kier alpha value is -2.28. The van der Waals surface area contributed by atoms with Crippen molar-refractivity contribution in [3.63, 3.8) is 0 Å². The third-order valence-corrected chi connectivity index (χ3v) is 5.23. The maximum Gasteiger partial charge on any atom is 0.334 e. The number of hydrogen-bond acceptors (Lipinski definition) is 5. The topological polar surface area (TPSA) is 75.7 Å². The van der Waals surface area contributed by atoms with E-state index < -0.39 is 12.0 Å². The van der Waals surface area contributed by atoms with E-state index in [0.29, 0.717) is 18.7 Å². The molecule has 2 heterocycles. The van der Waals surface area contributed by atoms with Gasteiger partial charge in [-0.1, -0.05) is 30.3 Å². The lowest BCUT2D eigenvalue weighted by atomic mass is 10.0. The van der Waals surface area contributed by atoms with Crippen molar-refractivity contribution in [2.45, 2.75) is 32.0 Å². The van der Waals surface area contributed by atoms with Gasteiger partial charge in [-0.15, -0.1) is 11.8 Å². The molecule has 0 aliphatic carbocycles. The second-order valence-corrected chi connectivity index (χ2v) is 7.14. The van der Waals surface area contributed by atoms with Crippen LogP contribution >= 0.6 is 11.8 Å². The largest absolute Gasteiger partial charge is 0.459 e. The first-order chi connectivity index (χ1) is 12.1. The SMILES string of the molecule is CC(=O)NCCSC1=CC2CC(=O)N2C1C(=O)OCc1ccccc1. The second kappa shape index (κ2) is 7.74. The van der Waals surface area contributed by atoms with Crippen molar-refractivity contribution in [2.75, 3.05) is 12.3 Å². The molecule has 2 unspecified atom stereocenters. The molecule has 6 nitrogen and oxygen atoms in total. The number of hydrogen-bond donors (Lipinski definition) is 1. The van der Waals surface area contributed by atoms with Gasteiger partial charge in [0, 0.05) is 24.1 Å². The summed E-state index contributed by atoms with van der Waals surface area (Å²) in [5.41, 5.74) is 0.907. The van der Waals surface area contributed by atoms with Gasteiger partial charge in [0.15, 0.2) is 6.04 Å². The molecule has 1 saturated heterocycles. The number of fused-ring (bicyclic) bond motifs is 1. The number of esters is 1. The summed E-state index contributed by atoms with van der Waals surface area (Å²) in [5.74, 6) is 0.125. The molecule has 0 saturated carbocycles. The number of thioether (sulfide) groups is 1. The van der Waals surface area contributed by atoms with Crippen molar-refractivity contribution in [1.82, 2.24) is 10.2 Å². The highest BCUT2D eigenvalue weighted by molar-refractivity contribution is 8.03. The first-order valence-corrected chi connectivity index (χ1v) is 9.15. The van der Waals surface area contributed by atoms with Crippen LogP contribution < -0.4 is 5.32 Å². The van der Waals surface area contributed by atoms with Crippen LogP contribution in [0, 0.1) is 0 Å². The fraction of sp³-hybridized carbons (Fsp3) is 0.389. The summed E-state index contributed by atoms with van der Waals surface area (Å²) in [5, 5.41) is 2.72. The molecular formula is C18H20N2O4S. The van der Waals surface area contributed by atoms with Gasteiger partial charge < -0.3 is 15.0 Å². The van der Waals surface area contributed by atoms with E-state index >= 15 is 0 Å². The van der Waals surface area contributed by atoms with Crippen molar-refractivity contribution < 1.29 is 19.1 Å². The highest BCUT2D eigenvalue weighted by atomic mass is 32.2. The van der Waals surface area contributed by atoms with Crippen molar-refractivity contribution in [3.8, 4) is 0 Å². The Balaban J connectivity index is 1.59. The molecule has 1 aromatic rings. The fourth-order valence-corrected chi connectivity index (χ4v) is 3.97. The van der Waals surface area contributed by atoms with Gasteiger partial charge in [-0.05, 0) is 11.6 Å². The molecule has 25 heavy (non-hydrogen) atoms. The molecule has 0 bridgehead atoms. The second-order valence-electron chi connectivity index (χ2n) is 5.97. The number of β-lactam (4-membered cyclic amide) rings is 1. The number of rotatable bonds is 7. The van der Waals surface area contributed by atoms with E-state index in [-0.39, 0.29) is 24.5 Å². The third-order valence-electron chi connectivity index (χ3n) is 4.13. The van der Waals surface area contributed by atoms with E-state index in [2.05, 4.69) is 5.32 Å². The molecule has 132 valence electrons. The lowest BCUT2D eigenvalue weighted by Gasteiger charge is -2.38. The molecule has 3 rings (SSSR count). The molecule has 0 spiro atoms. The van der Waals surface area contributed by atoms with E-state index in [0.717, 1.165) is 10.5 Å². The molecule has 1 N–H and O–H groups in total. The van der Waals surface area contributed by atoms with Crippen LogP contribution in [-0.4, -0.2) is 47.1 Å². The van der Waals surface area contributed by atoms with Crippen LogP contribution in [-0.2, 0) is 25.7 Å². The van der Waals surface area contributed by atoms with Crippen molar-refractivity contribution >= 4 is 29.5 Å². The normalized spacial score (nSPS) is 21.2. The van der Waals surface area contributed by atoms with Crippen LogP contribution in [0.5, 0.6) is 0 Å². The van der Waals surface area contributed by atoms with Crippen molar-refractivity contribution in [2.24, 2.45) is 0 Å². The molecular weight excluding hydrogens is 340 g/mol.